The summed E-state index contributed by atoms with van der Waals surface area (Å²) in [5.74, 6) is 0.377. The highest BCUT2D eigenvalue weighted by atomic mass is 19.1. The van der Waals surface area contributed by atoms with E-state index in [0.717, 1.165) is 11.4 Å². The van der Waals surface area contributed by atoms with Gasteiger partial charge in [-0.2, -0.15) is 0 Å². The van der Waals surface area contributed by atoms with Crippen molar-refractivity contribution in [1.29, 1.82) is 0 Å². The fourth-order valence-corrected chi connectivity index (χ4v) is 2.93. The van der Waals surface area contributed by atoms with Crippen molar-refractivity contribution in [2.75, 3.05) is 6.54 Å². The van der Waals surface area contributed by atoms with E-state index in [0.29, 0.717) is 43.9 Å². The smallest absolute Gasteiger partial charge is 0.224 e. The van der Waals surface area contributed by atoms with E-state index in [1.165, 1.54) is 23.1 Å². The molecule has 3 heterocycles. The van der Waals surface area contributed by atoms with Crippen molar-refractivity contribution in [2.45, 2.75) is 25.9 Å². The molecule has 0 fully saturated rings. The molecule has 0 radical (unpaired) electrons. The van der Waals surface area contributed by atoms with E-state index in [1.807, 2.05) is 6.07 Å². The molecule has 9 heteroatoms. The molecule has 4 rings (SSSR count). The molecule has 25 heavy (non-hydrogen) atoms. The summed E-state index contributed by atoms with van der Waals surface area (Å²) in [7, 11) is 0. The first-order chi connectivity index (χ1) is 12.2. The van der Waals surface area contributed by atoms with Gasteiger partial charge >= 0.3 is 0 Å². The lowest BCUT2D eigenvalue weighted by molar-refractivity contribution is -0.132. The van der Waals surface area contributed by atoms with Crippen molar-refractivity contribution < 1.29 is 9.18 Å². The quantitative estimate of drug-likeness (QED) is 0.769. The van der Waals surface area contributed by atoms with Crippen molar-refractivity contribution in [1.82, 2.24) is 35.1 Å². The maximum Gasteiger partial charge on any atom is 0.224 e. The summed E-state index contributed by atoms with van der Waals surface area (Å²) in [5.41, 5.74) is 2.54. The fourth-order valence-electron chi connectivity index (χ4n) is 2.93. The van der Waals surface area contributed by atoms with Gasteiger partial charge in [0.15, 0.2) is 0 Å². The van der Waals surface area contributed by atoms with Gasteiger partial charge in [0.05, 0.1) is 24.5 Å². The molecule has 0 saturated heterocycles. The minimum absolute atomic E-state index is 0.0445. The Labute approximate surface area is 142 Å². The maximum absolute atomic E-state index is 13.4. The molecule has 1 aromatic carbocycles. The van der Waals surface area contributed by atoms with E-state index in [4.69, 9.17) is 0 Å². The highest BCUT2D eigenvalue weighted by Crippen LogP contribution is 2.23. The number of aromatic amines is 1. The number of benzene rings is 1. The van der Waals surface area contributed by atoms with Gasteiger partial charge in [-0.25, -0.2) is 14.1 Å². The van der Waals surface area contributed by atoms with Crippen LogP contribution in [0, 0.1) is 5.82 Å². The third-order valence-electron chi connectivity index (χ3n) is 4.23. The van der Waals surface area contributed by atoms with E-state index < -0.39 is 0 Å². The van der Waals surface area contributed by atoms with Gasteiger partial charge < -0.3 is 9.88 Å². The van der Waals surface area contributed by atoms with E-state index in [2.05, 4.69) is 25.5 Å². The van der Waals surface area contributed by atoms with Crippen LogP contribution >= 0.6 is 0 Å². The molecule has 0 spiro atoms. The van der Waals surface area contributed by atoms with E-state index in [9.17, 15) is 9.18 Å². The largest absolute Gasteiger partial charge is 0.340 e. The molecular weight excluding hydrogens is 325 g/mol. The second-order valence-electron chi connectivity index (χ2n) is 5.91. The van der Waals surface area contributed by atoms with Crippen molar-refractivity contribution in [3.63, 3.8) is 0 Å². The Kier molecular flexibility index (Phi) is 3.96. The second kappa shape index (κ2) is 6.42. The van der Waals surface area contributed by atoms with Gasteiger partial charge in [-0.05, 0) is 22.6 Å². The Hall–Kier alpha value is -3.10. The molecule has 8 nitrogen and oxygen atoms in total. The molecule has 1 amide bonds. The molecule has 1 aliphatic heterocycles. The van der Waals surface area contributed by atoms with Crippen LogP contribution in [0.3, 0.4) is 0 Å². The molecule has 1 aliphatic rings. The van der Waals surface area contributed by atoms with Crippen LogP contribution in [0.4, 0.5) is 4.39 Å². The normalized spacial score (nSPS) is 13.7. The second-order valence-corrected chi connectivity index (χ2v) is 5.91. The van der Waals surface area contributed by atoms with Gasteiger partial charge in [-0.1, -0.05) is 12.1 Å². The number of amides is 1. The molecule has 128 valence electrons. The number of imidazole rings is 1. The van der Waals surface area contributed by atoms with Gasteiger partial charge in [0.1, 0.15) is 18.0 Å². The average Bonchev–Trinajstić information content (AvgIpc) is 3.28. The summed E-state index contributed by atoms with van der Waals surface area (Å²) < 4.78 is 14.9. The number of aryl methyl sites for hydroxylation is 1. The number of carbonyl (C=O) groups excluding carboxylic acids is 1. The monoisotopic (exact) mass is 341 g/mol. The minimum Gasteiger partial charge on any atom is -0.340 e. The Morgan fingerprint density at radius 3 is 3.08 bits per heavy atom. The first-order valence-electron chi connectivity index (χ1n) is 8.01. The number of carbonyl (C=O) groups is 1. The molecule has 3 aromatic rings. The Balaban J connectivity index is 1.45. The summed E-state index contributed by atoms with van der Waals surface area (Å²) in [5, 5.41) is 10.8. The molecular formula is C16H16FN7O. The number of H-pyrrole nitrogens is 1. The van der Waals surface area contributed by atoms with Crippen LogP contribution in [0.1, 0.15) is 17.8 Å². The van der Waals surface area contributed by atoms with Gasteiger partial charge in [-0.15, -0.1) is 5.10 Å². The summed E-state index contributed by atoms with van der Waals surface area (Å²) >= 11 is 0. The van der Waals surface area contributed by atoms with Gasteiger partial charge in [0.25, 0.3) is 0 Å². The maximum atomic E-state index is 13.4. The first kappa shape index (κ1) is 15.4. The zero-order valence-corrected chi connectivity index (χ0v) is 13.4. The fraction of sp³-hybridized carbons (Fsp3) is 0.312. The molecule has 0 atom stereocenters. The predicted molar refractivity (Wildman–Crippen MR) is 85.5 cm³/mol. The van der Waals surface area contributed by atoms with Crippen LogP contribution in [0.5, 0.6) is 0 Å². The lowest BCUT2D eigenvalue weighted by Crippen LogP contribution is -2.36. The van der Waals surface area contributed by atoms with Crippen molar-refractivity contribution in [2.24, 2.45) is 0 Å². The standard InChI is InChI=1S/C16H16FN7O/c17-12-3-1-2-11(8-12)16-19-13-4-6-23(9-14(13)20-16)15(25)5-7-24-10-18-21-22-24/h1-3,8,10H,4-7,9H2,(H,19,20). The summed E-state index contributed by atoms with van der Waals surface area (Å²) in [4.78, 5) is 22.0. The Bertz CT molecular complexity index is 890. The molecule has 0 bridgehead atoms. The average molecular weight is 341 g/mol. The number of hydrogen-bond acceptors (Lipinski definition) is 5. The number of nitrogens with zero attached hydrogens (tertiary/aromatic N) is 6. The van der Waals surface area contributed by atoms with Crippen LogP contribution in [-0.2, 0) is 24.3 Å². The zero-order valence-electron chi connectivity index (χ0n) is 13.4. The Morgan fingerprint density at radius 2 is 2.28 bits per heavy atom. The number of rotatable bonds is 4. The van der Waals surface area contributed by atoms with Crippen LogP contribution in [0.2, 0.25) is 0 Å². The zero-order chi connectivity index (χ0) is 17.2. The summed E-state index contributed by atoms with van der Waals surface area (Å²) in [6, 6.07) is 6.31. The number of tetrazole rings is 1. The third kappa shape index (κ3) is 3.25. The van der Waals surface area contributed by atoms with E-state index in [1.54, 1.807) is 11.0 Å². The highest BCUT2D eigenvalue weighted by Gasteiger charge is 2.24. The van der Waals surface area contributed by atoms with Gasteiger partial charge in [0.2, 0.25) is 5.91 Å². The van der Waals surface area contributed by atoms with Crippen LogP contribution in [-0.4, -0.2) is 47.5 Å². The summed E-state index contributed by atoms with van der Waals surface area (Å²) in [6.45, 7) is 1.55. The number of halogens is 1. The van der Waals surface area contributed by atoms with E-state index >= 15 is 0 Å². The summed E-state index contributed by atoms with van der Waals surface area (Å²) in [6.07, 6.45) is 2.50. The third-order valence-corrected chi connectivity index (χ3v) is 4.23. The molecule has 0 saturated carbocycles. The topological polar surface area (TPSA) is 92.6 Å². The van der Waals surface area contributed by atoms with Crippen LogP contribution in [0.15, 0.2) is 30.6 Å². The Morgan fingerprint density at radius 1 is 1.36 bits per heavy atom. The highest BCUT2D eigenvalue weighted by molar-refractivity contribution is 5.76. The van der Waals surface area contributed by atoms with Crippen molar-refractivity contribution in [3.05, 3.63) is 47.8 Å². The number of aromatic nitrogens is 6. The molecule has 2 aromatic heterocycles. The number of fused-ring (bicyclic) bond motifs is 1. The lowest BCUT2D eigenvalue weighted by atomic mass is 10.1. The number of nitrogens with one attached hydrogen (secondary N) is 1. The first-order valence-corrected chi connectivity index (χ1v) is 8.01. The molecule has 0 aliphatic carbocycles. The minimum atomic E-state index is -0.300. The SMILES string of the molecule is O=C(CCn1cnnn1)N1CCc2nc(-c3cccc(F)c3)[nH]c2C1. The molecule has 0 unspecified atom stereocenters. The van der Waals surface area contributed by atoms with Crippen molar-refractivity contribution >= 4 is 5.91 Å². The number of hydrogen-bond donors (Lipinski definition) is 1. The van der Waals surface area contributed by atoms with Crippen LogP contribution in [0.25, 0.3) is 11.4 Å². The van der Waals surface area contributed by atoms with Gasteiger partial charge in [0, 0.05) is 24.9 Å². The van der Waals surface area contributed by atoms with Gasteiger partial charge in [-0.3, -0.25) is 4.79 Å². The predicted octanol–water partition coefficient (Wildman–Crippen LogP) is 1.18. The lowest BCUT2D eigenvalue weighted by Gasteiger charge is -2.26. The van der Waals surface area contributed by atoms with E-state index in [-0.39, 0.29) is 11.7 Å². The molecule has 1 N–H and O–H groups in total. The van der Waals surface area contributed by atoms with Crippen molar-refractivity contribution in [3.8, 4) is 11.4 Å². The van der Waals surface area contributed by atoms with Crippen LogP contribution < -0.4 is 0 Å².